The molecule has 3 heterocycles. The van der Waals surface area contributed by atoms with E-state index < -0.39 is 0 Å². The zero-order chi connectivity index (χ0) is 20.4. The second kappa shape index (κ2) is 8.34. The Hall–Kier alpha value is -2.71. The lowest BCUT2D eigenvalue weighted by Crippen LogP contribution is -2.08. The molecule has 3 aromatic heterocycles. The van der Waals surface area contributed by atoms with Crippen molar-refractivity contribution in [1.82, 2.24) is 24.3 Å². The molecule has 4 rings (SSSR count). The van der Waals surface area contributed by atoms with E-state index in [4.69, 9.17) is 0 Å². The van der Waals surface area contributed by atoms with Crippen LogP contribution in [0.5, 0.6) is 0 Å². The number of hydrogen-bond acceptors (Lipinski definition) is 6. The number of hydrogen-bond donors (Lipinski definition) is 0. The van der Waals surface area contributed by atoms with Gasteiger partial charge in [0.1, 0.15) is 5.82 Å². The van der Waals surface area contributed by atoms with E-state index >= 15 is 0 Å². The molecule has 4 aromatic rings. The van der Waals surface area contributed by atoms with E-state index in [9.17, 15) is 4.79 Å². The molecule has 0 atom stereocenters. The molecule has 29 heavy (non-hydrogen) atoms. The molecular weight excluding hydrogens is 402 g/mol. The molecule has 6 nitrogen and oxygen atoms in total. The maximum Gasteiger partial charge on any atom is 0.193 e. The lowest BCUT2D eigenvalue weighted by atomic mass is 10.2. The zero-order valence-electron chi connectivity index (χ0n) is 16.5. The van der Waals surface area contributed by atoms with E-state index in [1.165, 1.54) is 17.3 Å². The molecule has 0 unspecified atom stereocenters. The number of aromatic nitrogens is 5. The highest BCUT2D eigenvalue weighted by atomic mass is 32.2. The van der Waals surface area contributed by atoms with Gasteiger partial charge in [0.05, 0.1) is 12.3 Å². The van der Waals surface area contributed by atoms with Crippen molar-refractivity contribution in [3.8, 4) is 5.13 Å². The summed E-state index contributed by atoms with van der Waals surface area (Å²) in [6.45, 7) is 6.59. The van der Waals surface area contributed by atoms with Gasteiger partial charge in [-0.15, -0.1) is 21.5 Å². The highest BCUT2D eigenvalue weighted by molar-refractivity contribution is 7.99. The van der Waals surface area contributed by atoms with E-state index in [1.54, 1.807) is 17.5 Å². The van der Waals surface area contributed by atoms with Gasteiger partial charge in [0.25, 0.3) is 0 Å². The Morgan fingerprint density at radius 1 is 1.14 bits per heavy atom. The first-order valence-corrected chi connectivity index (χ1v) is 11.1. The largest absolute Gasteiger partial charge is 0.302 e. The number of aryl methyl sites for hydroxylation is 2. The number of Topliss-reactive ketones (excluding diaryl/α,β-unsaturated/α-hetero) is 1. The van der Waals surface area contributed by atoms with E-state index in [-0.39, 0.29) is 5.78 Å². The van der Waals surface area contributed by atoms with E-state index in [1.807, 2.05) is 59.6 Å². The van der Waals surface area contributed by atoms with Gasteiger partial charge in [0.15, 0.2) is 16.1 Å². The Morgan fingerprint density at radius 3 is 2.66 bits per heavy atom. The lowest BCUT2D eigenvalue weighted by Gasteiger charge is -2.08. The van der Waals surface area contributed by atoms with Crippen LogP contribution in [-0.4, -0.2) is 35.9 Å². The first-order valence-electron chi connectivity index (χ1n) is 9.23. The van der Waals surface area contributed by atoms with Gasteiger partial charge in [-0.2, -0.15) is 0 Å². The van der Waals surface area contributed by atoms with Crippen LogP contribution in [0.1, 0.15) is 33.1 Å². The third-order valence-corrected chi connectivity index (χ3v) is 6.48. The van der Waals surface area contributed by atoms with Crippen molar-refractivity contribution in [2.75, 3.05) is 5.75 Å². The molecule has 0 saturated heterocycles. The van der Waals surface area contributed by atoms with Crippen LogP contribution in [-0.2, 0) is 6.54 Å². The number of carbonyl (C=O) groups excluding carboxylic acids is 1. The van der Waals surface area contributed by atoms with Gasteiger partial charge in [-0.3, -0.25) is 9.36 Å². The Labute approximate surface area is 177 Å². The molecule has 0 aliphatic carbocycles. The number of thioether (sulfide) groups is 1. The number of rotatable bonds is 7. The van der Waals surface area contributed by atoms with Crippen LogP contribution in [0.3, 0.4) is 0 Å². The van der Waals surface area contributed by atoms with Crippen LogP contribution >= 0.6 is 23.1 Å². The molecule has 1 aromatic carbocycles. The average molecular weight is 424 g/mol. The Bertz CT molecular complexity index is 1130. The summed E-state index contributed by atoms with van der Waals surface area (Å²) in [5.74, 6) is 1.23. The van der Waals surface area contributed by atoms with Crippen molar-refractivity contribution < 1.29 is 4.79 Å². The second-order valence-corrected chi connectivity index (χ2v) is 8.56. The minimum atomic E-state index is 0.0813. The zero-order valence-corrected chi connectivity index (χ0v) is 18.1. The topological polar surface area (TPSA) is 65.6 Å². The van der Waals surface area contributed by atoms with Gasteiger partial charge >= 0.3 is 0 Å². The van der Waals surface area contributed by atoms with Gasteiger partial charge in [0, 0.05) is 28.5 Å². The molecule has 0 N–H and O–H groups in total. The number of nitrogens with zero attached hydrogens (tertiary/aromatic N) is 5. The molecular formula is C21H21N5OS2. The van der Waals surface area contributed by atoms with E-state index in [0.29, 0.717) is 12.3 Å². The predicted molar refractivity (Wildman–Crippen MR) is 116 cm³/mol. The van der Waals surface area contributed by atoms with Crippen LogP contribution in [0, 0.1) is 20.8 Å². The maximum absolute atomic E-state index is 12.9. The Balaban J connectivity index is 1.51. The summed E-state index contributed by atoms with van der Waals surface area (Å²) in [7, 11) is 0. The minimum Gasteiger partial charge on any atom is -0.302 e. The molecule has 0 fully saturated rings. The summed E-state index contributed by atoms with van der Waals surface area (Å²) < 4.78 is 4.08. The molecule has 0 bridgehead atoms. The summed E-state index contributed by atoms with van der Waals surface area (Å²) >= 11 is 2.99. The maximum atomic E-state index is 12.9. The average Bonchev–Trinajstić information content (AvgIpc) is 3.42. The van der Waals surface area contributed by atoms with Gasteiger partial charge in [-0.05, 0) is 32.4 Å². The first-order chi connectivity index (χ1) is 14.0. The molecule has 0 aliphatic rings. The fourth-order valence-corrected chi connectivity index (χ4v) is 4.91. The Kier molecular flexibility index (Phi) is 5.64. The number of thiazole rings is 1. The predicted octanol–water partition coefficient (Wildman–Crippen LogP) is 4.47. The lowest BCUT2D eigenvalue weighted by molar-refractivity contribution is 0.102. The van der Waals surface area contributed by atoms with Gasteiger partial charge in [-0.25, -0.2) is 4.98 Å². The van der Waals surface area contributed by atoms with Crippen LogP contribution in [0.15, 0.2) is 53.1 Å². The molecule has 0 radical (unpaired) electrons. The second-order valence-electron chi connectivity index (χ2n) is 6.75. The van der Waals surface area contributed by atoms with Gasteiger partial charge in [0.2, 0.25) is 0 Å². The van der Waals surface area contributed by atoms with Crippen molar-refractivity contribution in [2.24, 2.45) is 0 Å². The van der Waals surface area contributed by atoms with Gasteiger partial charge in [-0.1, -0.05) is 42.1 Å². The summed E-state index contributed by atoms with van der Waals surface area (Å²) in [6, 6.07) is 12.1. The molecule has 0 spiro atoms. The van der Waals surface area contributed by atoms with E-state index in [2.05, 4.69) is 27.3 Å². The quantitative estimate of drug-likeness (QED) is 0.324. The van der Waals surface area contributed by atoms with Crippen LogP contribution in [0.4, 0.5) is 0 Å². The fraction of sp³-hybridized carbons (Fsp3) is 0.238. The smallest absolute Gasteiger partial charge is 0.193 e. The fourth-order valence-electron chi connectivity index (χ4n) is 3.29. The molecule has 8 heteroatoms. The first kappa shape index (κ1) is 19.6. The minimum absolute atomic E-state index is 0.0813. The summed E-state index contributed by atoms with van der Waals surface area (Å²) in [5, 5.41) is 12.1. The van der Waals surface area contributed by atoms with Crippen LogP contribution < -0.4 is 0 Å². The SMILES string of the molecule is Cc1nnc(SCC(=O)c2cc(C)n(-c3nccs3)c2C)n1Cc1ccccc1. The third-order valence-electron chi connectivity index (χ3n) is 4.76. The number of benzene rings is 1. The number of carbonyl (C=O) groups is 1. The van der Waals surface area contributed by atoms with Crippen LogP contribution in [0.2, 0.25) is 0 Å². The highest BCUT2D eigenvalue weighted by Gasteiger charge is 2.19. The third kappa shape index (κ3) is 4.04. The highest BCUT2D eigenvalue weighted by Crippen LogP contribution is 2.25. The Morgan fingerprint density at radius 2 is 1.93 bits per heavy atom. The summed E-state index contributed by atoms with van der Waals surface area (Å²) in [4.78, 5) is 17.3. The summed E-state index contributed by atoms with van der Waals surface area (Å²) in [5.41, 5.74) is 3.84. The van der Waals surface area contributed by atoms with Crippen molar-refractivity contribution in [2.45, 2.75) is 32.5 Å². The molecule has 0 saturated carbocycles. The van der Waals surface area contributed by atoms with Crippen molar-refractivity contribution in [1.29, 1.82) is 0 Å². The summed E-state index contributed by atoms with van der Waals surface area (Å²) in [6.07, 6.45) is 1.78. The standard InChI is InChI=1S/C21H21N5OS2/c1-14-11-18(15(2)26(14)20-22-9-10-28-20)19(27)13-29-21-24-23-16(3)25(21)12-17-7-5-4-6-8-17/h4-11H,12-13H2,1-3H3. The molecule has 0 aliphatic heterocycles. The molecule has 148 valence electrons. The normalized spacial score (nSPS) is 11.1. The van der Waals surface area contributed by atoms with Gasteiger partial charge < -0.3 is 4.57 Å². The van der Waals surface area contributed by atoms with Crippen molar-refractivity contribution >= 4 is 28.9 Å². The molecule has 0 amide bonds. The number of ketones is 1. The monoisotopic (exact) mass is 423 g/mol. The van der Waals surface area contributed by atoms with Crippen molar-refractivity contribution in [3.05, 3.63) is 76.3 Å². The van der Waals surface area contributed by atoms with Crippen molar-refractivity contribution in [3.63, 3.8) is 0 Å². The van der Waals surface area contributed by atoms with Crippen LogP contribution in [0.25, 0.3) is 5.13 Å². The van der Waals surface area contributed by atoms with E-state index in [0.717, 1.165) is 33.1 Å².